The second-order valence-corrected chi connectivity index (χ2v) is 16.0. The molecule has 0 radical (unpaired) electrons. The average Bonchev–Trinajstić information content (AvgIpc) is 3.81. The molecule has 1 unspecified atom stereocenters. The van der Waals surface area contributed by atoms with E-state index >= 15 is 0 Å². The molecule has 2 nitrogen and oxygen atoms in total. The van der Waals surface area contributed by atoms with Gasteiger partial charge in [-0.05, 0) is 128 Å². The van der Waals surface area contributed by atoms with Gasteiger partial charge in [-0.25, -0.2) is 0 Å². The molecule has 286 valence electrons. The molecule has 0 amide bonds. The summed E-state index contributed by atoms with van der Waals surface area (Å²) in [4.78, 5) is 4.87. The summed E-state index contributed by atoms with van der Waals surface area (Å²) in [5.74, 6) is 0. The summed E-state index contributed by atoms with van der Waals surface area (Å²) in [6.07, 6.45) is 0. The third-order valence-corrected chi connectivity index (χ3v) is 12.8. The fraction of sp³-hybridized carbons (Fsp3) is 0.0169. The molecule has 1 spiro atoms. The smallest absolute Gasteiger partial charge is 0.0733 e. The Morgan fingerprint density at radius 1 is 0.295 bits per heavy atom. The summed E-state index contributed by atoms with van der Waals surface area (Å²) in [6, 6.07) is 89.0. The van der Waals surface area contributed by atoms with Gasteiger partial charge in [-0.15, -0.1) is 0 Å². The number of hydrogen-bond donors (Lipinski definition) is 0. The molecule has 1 atom stereocenters. The van der Waals surface area contributed by atoms with Crippen LogP contribution in [0.5, 0.6) is 0 Å². The molecule has 0 bridgehead atoms. The van der Waals surface area contributed by atoms with Crippen LogP contribution in [0.1, 0.15) is 22.3 Å². The maximum Gasteiger partial charge on any atom is 0.0733 e. The Bertz CT molecular complexity index is 3190. The van der Waals surface area contributed by atoms with Crippen molar-refractivity contribution >= 4 is 44.9 Å². The van der Waals surface area contributed by atoms with Gasteiger partial charge in [0.05, 0.1) is 11.1 Å². The van der Waals surface area contributed by atoms with Gasteiger partial charge in [-0.1, -0.05) is 176 Å². The van der Waals surface area contributed by atoms with Gasteiger partial charge >= 0.3 is 0 Å². The van der Waals surface area contributed by atoms with E-state index in [1.165, 1.54) is 72.1 Å². The molecule has 2 aliphatic carbocycles. The van der Waals surface area contributed by atoms with Crippen LogP contribution in [0.25, 0.3) is 44.2 Å². The SMILES string of the molecule is c1ccc(-c2ccc(N(c3ccccc3)c3ccc4c(c3)C3(c5ccccc5-4)c4ccccc4-c4c(N(c5ccccc5)c5ccccc5)cc5ccccc5c43)cc2)cc1. The Morgan fingerprint density at radius 3 is 1.41 bits per heavy atom. The van der Waals surface area contributed by atoms with Crippen LogP contribution in [-0.2, 0) is 5.41 Å². The first kappa shape index (κ1) is 35.0. The summed E-state index contributed by atoms with van der Waals surface area (Å²) >= 11 is 0. The minimum Gasteiger partial charge on any atom is -0.310 e. The summed E-state index contributed by atoms with van der Waals surface area (Å²) in [5, 5.41) is 2.48. The first-order chi connectivity index (χ1) is 30.3. The van der Waals surface area contributed by atoms with Crippen LogP contribution in [0.2, 0.25) is 0 Å². The van der Waals surface area contributed by atoms with Crippen LogP contribution in [0.15, 0.2) is 243 Å². The molecule has 0 heterocycles. The third kappa shape index (κ3) is 5.36. The Hall–Kier alpha value is -7.94. The standard InChI is InChI=1S/C59H40N2/c1-5-19-41(20-6-1)42-33-35-47(36-34-42)60(44-22-7-2-8-23-44)48-37-38-51-50-29-15-17-31-53(50)59(55(51)40-48)54-32-18-16-30-52(54)57-56(39-43-21-13-14-28-49(43)58(57)59)61(45-24-9-3-10-25-45)46-26-11-4-12-27-46/h1-40H. The van der Waals surface area contributed by atoms with E-state index in [0.29, 0.717) is 0 Å². The zero-order valence-corrected chi connectivity index (χ0v) is 33.5. The lowest BCUT2D eigenvalue weighted by Crippen LogP contribution is -2.27. The summed E-state index contributed by atoms with van der Waals surface area (Å²) in [5.41, 5.74) is 18.9. The predicted octanol–water partition coefficient (Wildman–Crippen LogP) is 15.8. The van der Waals surface area contributed by atoms with E-state index in [1.54, 1.807) is 0 Å². The molecule has 2 aliphatic rings. The second-order valence-electron chi connectivity index (χ2n) is 16.0. The van der Waals surface area contributed by atoms with Gasteiger partial charge in [0, 0.05) is 34.0 Å². The highest BCUT2D eigenvalue weighted by Crippen LogP contribution is 2.66. The zero-order chi connectivity index (χ0) is 40.3. The lowest BCUT2D eigenvalue weighted by molar-refractivity contribution is 0.801. The van der Waals surface area contributed by atoms with Gasteiger partial charge in [0.15, 0.2) is 0 Å². The number of benzene rings is 10. The molecule has 0 saturated heterocycles. The average molecular weight is 777 g/mol. The molecule has 0 saturated carbocycles. The van der Waals surface area contributed by atoms with Crippen LogP contribution in [0.4, 0.5) is 34.1 Å². The van der Waals surface area contributed by atoms with Crippen molar-refractivity contribution < 1.29 is 0 Å². The summed E-state index contributed by atoms with van der Waals surface area (Å²) < 4.78 is 0. The van der Waals surface area contributed by atoms with Crippen LogP contribution in [0.3, 0.4) is 0 Å². The Balaban J connectivity index is 1.16. The van der Waals surface area contributed by atoms with Crippen molar-refractivity contribution in [3.05, 3.63) is 265 Å². The molecule has 0 aliphatic heterocycles. The van der Waals surface area contributed by atoms with Crippen molar-refractivity contribution in [1.29, 1.82) is 0 Å². The maximum atomic E-state index is 2.49. The van der Waals surface area contributed by atoms with E-state index in [4.69, 9.17) is 0 Å². The quantitative estimate of drug-likeness (QED) is 0.159. The number of rotatable bonds is 7. The maximum absolute atomic E-state index is 2.49. The van der Waals surface area contributed by atoms with Gasteiger partial charge in [-0.3, -0.25) is 0 Å². The topological polar surface area (TPSA) is 6.48 Å². The first-order valence-electron chi connectivity index (χ1n) is 21.1. The van der Waals surface area contributed by atoms with Gasteiger partial charge < -0.3 is 9.80 Å². The predicted molar refractivity (Wildman–Crippen MR) is 255 cm³/mol. The number of fused-ring (bicyclic) bond motifs is 12. The minimum absolute atomic E-state index is 0.595. The Labute approximate surface area is 356 Å². The van der Waals surface area contributed by atoms with Gasteiger partial charge in [0.2, 0.25) is 0 Å². The van der Waals surface area contributed by atoms with Crippen molar-refractivity contribution in [2.45, 2.75) is 5.41 Å². The van der Waals surface area contributed by atoms with Crippen molar-refractivity contribution in [3.63, 3.8) is 0 Å². The van der Waals surface area contributed by atoms with Crippen LogP contribution < -0.4 is 9.80 Å². The summed E-state index contributed by atoms with van der Waals surface area (Å²) in [7, 11) is 0. The van der Waals surface area contributed by atoms with E-state index in [0.717, 1.165) is 28.4 Å². The van der Waals surface area contributed by atoms with Crippen molar-refractivity contribution in [3.8, 4) is 33.4 Å². The lowest BCUT2D eigenvalue weighted by atomic mass is 9.69. The van der Waals surface area contributed by atoms with E-state index in [2.05, 4.69) is 252 Å². The van der Waals surface area contributed by atoms with Gasteiger partial charge in [0.25, 0.3) is 0 Å². The highest BCUT2D eigenvalue weighted by atomic mass is 15.1. The number of nitrogens with zero attached hydrogens (tertiary/aromatic N) is 2. The Kier molecular flexibility index (Phi) is 8.11. The van der Waals surface area contributed by atoms with Crippen LogP contribution >= 0.6 is 0 Å². The molecule has 0 N–H and O–H groups in total. The molecular formula is C59H40N2. The fourth-order valence-corrected chi connectivity index (χ4v) is 10.3. The summed E-state index contributed by atoms with van der Waals surface area (Å²) in [6.45, 7) is 0. The van der Waals surface area contributed by atoms with E-state index in [-0.39, 0.29) is 0 Å². The number of hydrogen-bond acceptors (Lipinski definition) is 2. The van der Waals surface area contributed by atoms with Gasteiger partial charge in [-0.2, -0.15) is 0 Å². The fourth-order valence-electron chi connectivity index (χ4n) is 10.3. The van der Waals surface area contributed by atoms with Crippen LogP contribution in [-0.4, -0.2) is 0 Å². The van der Waals surface area contributed by atoms with Gasteiger partial charge in [0.1, 0.15) is 0 Å². The molecule has 10 aromatic rings. The second kappa shape index (κ2) is 14.1. The van der Waals surface area contributed by atoms with Crippen molar-refractivity contribution in [2.75, 3.05) is 9.80 Å². The normalized spacial score (nSPS) is 14.3. The molecule has 2 heteroatoms. The monoisotopic (exact) mass is 776 g/mol. The molecule has 61 heavy (non-hydrogen) atoms. The minimum atomic E-state index is -0.595. The lowest BCUT2D eigenvalue weighted by Gasteiger charge is -2.34. The number of para-hydroxylation sites is 3. The number of anilines is 6. The molecule has 0 fully saturated rings. The van der Waals surface area contributed by atoms with E-state index < -0.39 is 5.41 Å². The molecule has 10 aromatic carbocycles. The molecule has 0 aromatic heterocycles. The highest BCUT2D eigenvalue weighted by Gasteiger charge is 2.53. The van der Waals surface area contributed by atoms with E-state index in [1.807, 2.05) is 0 Å². The van der Waals surface area contributed by atoms with Crippen LogP contribution in [0, 0.1) is 0 Å². The van der Waals surface area contributed by atoms with Crippen molar-refractivity contribution in [1.82, 2.24) is 0 Å². The largest absolute Gasteiger partial charge is 0.310 e. The molecule has 12 rings (SSSR count). The highest BCUT2D eigenvalue weighted by molar-refractivity contribution is 6.10. The Morgan fingerprint density at radius 2 is 0.754 bits per heavy atom. The van der Waals surface area contributed by atoms with E-state index in [9.17, 15) is 0 Å². The van der Waals surface area contributed by atoms with Crippen molar-refractivity contribution in [2.24, 2.45) is 0 Å². The first-order valence-corrected chi connectivity index (χ1v) is 21.1. The third-order valence-electron chi connectivity index (χ3n) is 12.8. The zero-order valence-electron chi connectivity index (χ0n) is 33.5. The molecular weight excluding hydrogens is 737 g/mol.